The minimum atomic E-state index is -4.04. The molecule has 0 aliphatic carbocycles. The molecule has 0 saturated carbocycles. The molecule has 4 aromatic heterocycles. The number of methoxy groups -OCH3 is 2. The molecule has 1 saturated heterocycles. The highest BCUT2D eigenvalue weighted by Gasteiger charge is 2.52. The Hall–Kier alpha value is -7.42. The van der Waals surface area contributed by atoms with Crippen LogP contribution in [-0.2, 0) is 55.7 Å². The van der Waals surface area contributed by atoms with Gasteiger partial charge in [-0.25, -0.2) is 43.9 Å². The van der Waals surface area contributed by atoms with Crippen LogP contribution in [0.1, 0.15) is 74.2 Å². The monoisotopic (exact) mass is 1460 g/mol. The third kappa shape index (κ3) is 15.8. The summed E-state index contributed by atoms with van der Waals surface area (Å²) in [4.78, 5) is 25.7. The fourth-order valence-electron chi connectivity index (χ4n) is 9.90. The lowest BCUT2D eigenvalue weighted by Crippen LogP contribution is -2.41. The highest BCUT2D eigenvalue weighted by atomic mass is 79.9. The van der Waals surface area contributed by atoms with Crippen LogP contribution in [0.15, 0.2) is 124 Å². The molecule has 94 heavy (non-hydrogen) atoms. The highest BCUT2D eigenvalue weighted by Crippen LogP contribution is 2.39. The van der Waals surface area contributed by atoms with E-state index < -0.39 is 103 Å². The molecular formula is C58H58BBrF10N10O10P2S2. The van der Waals surface area contributed by atoms with Gasteiger partial charge >= 0.3 is 27.5 Å². The molecule has 8 aromatic rings. The van der Waals surface area contributed by atoms with Crippen molar-refractivity contribution in [2.45, 2.75) is 77.7 Å². The number of hydrogen-bond acceptors (Lipinski definition) is 14. The summed E-state index contributed by atoms with van der Waals surface area (Å²) in [5, 5.41) is 14.7. The van der Waals surface area contributed by atoms with Crippen molar-refractivity contribution in [2.75, 3.05) is 36.8 Å². The summed E-state index contributed by atoms with van der Waals surface area (Å²) >= 11 is 3.11. The summed E-state index contributed by atoms with van der Waals surface area (Å²) in [6, 6.07) is 19.1. The summed E-state index contributed by atoms with van der Waals surface area (Å²) in [7, 11) is -6.28. The number of benzene rings is 4. The summed E-state index contributed by atoms with van der Waals surface area (Å²) in [5.41, 5.74) is -2.96. The van der Waals surface area contributed by atoms with Crippen molar-refractivity contribution in [3.05, 3.63) is 203 Å². The number of anilines is 2. The second-order valence-corrected chi connectivity index (χ2v) is 25.7. The Morgan fingerprint density at radius 2 is 1.02 bits per heavy atom. The zero-order chi connectivity index (χ0) is 66.9. The van der Waals surface area contributed by atoms with Crippen LogP contribution in [0, 0.1) is 34.9 Å². The van der Waals surface area contributed by atoms with Gasteiger partial charge < -0.3 is 18.8 Å². The van der Waals surface area contributed by atoms with Crippen LogP contribution in [0.2, 0.25) is 0 Å². The summed E-state index contributed by atoms with van der Waals surface area (Å²) in [6.45, 7) is 7.10. The Kier molecular flexibility index (Phi) is 23.4. The van der Waals surface area contributed by atoms with Gasteiger partial charge in [-0.15, -0.1) is 10.2 Å². The molecule has 0 amide bonds. The fourth-order valence-corrected chi connectivity index (χ4v) is 12.5. The average molecular weight is 1460 g/mol. The number of hydrogen-bond donors (Lipinski definition) is 2. The van der Waals surface area contributed by atoms with Crippen molar-refractivity contribution in [2.24, 2.45) is 0 Å². The van der Waals surface area contributed by atoms with E-state index in [1.807, 2.05) is 0 Å². The third-order valence-electron chi connectivity index (χ3n) is 15.2. The Balaban J connectivity index is 0.000000209. The summed E-state index contributed by atoms with van der Waals surface area (Å²) < 4.78 is 219. The van der Waals surface area contributed by atoms with Crippen LogP contribution in [0.4, 0.5) is 55.5 Å². The van der Waals surface area contributed by atoms with Crippen LogP contribution in [0.3, 0.4) is 0 Å². The number of alkyl halides is 4. The van der Waals surface area contributed by atoms with Gasteiger partial charge in [0.1, 0.15) is 23.1 Å². The molecule has 7 heterocycles. The van der Waals surface area contributed by atoms with Crippen LogP contribution >= 0.6 is 35.7 Å². The van der Waals surface area contributed by atoms with Crippen molar-refractivity contribution in [1.29, 1.82) is 0 Å². The van der Waals surface area contributed by atoms with E-state index in [9.17, 15) is 65.9 Å². The van der Waals surface area contributed by atoms with E-state index in [-0.39, 0.29) is 114 Å². The number of rotatable bonds is 14. The van der Waals surface area contributed by atoms with Crippen LogP contribution in [-0.4, -0.2) is 101 Å². The zero-order valence-electron chi connectivity index (χ0n) is 50.4. The molecule has 11 rings (SSSR count). The lowest BCUT2D eigenvalue weighted by atomic mass is 9.78. The van der Waals surface area contributed by atoms with E-state index >= 15 is 4.39 Å². The van der Waals surface area contributed by atoms with Gasteiger partial charge in [-0.2, -0.15) is 55.4 Å². The van der Waals surface area contributed by atoms with Crippen LogP contribution in [0.5, 0.6) is 11.5 Å². The van der Waals surface area contributed by atoms with Crippen molar-refractivity contribution < 1.29 is 79.5 Å². The van der Waals surface area contributed by atoms with Crippen molar-refractivity contribution in [1.82, 2.24) is 38.1 Å². The molecule has 3 aliphatic rings. The van der Waals surface area contributed by atoms with Gasteiger partial charge in [-0.05, 0) is 120 Å². The topological polar surface area (TPSA) is 231 Å². The first-order valence-corrected chi connectivity index (χ1v) is 30.9. The number of nitrogens with one attached hydrogen (secondary N) is 2. The molecule has 2 atom stereocenters. The lowest BCUT2D eigenvalue weighted by molar-refractivity contribution is 0.00578. The number of nitrogens with zero attached hydrogens (tertiary/aromatic N) is 8. The maximum absolute atomic E-state index is 15.4. The van der Waals surface area contributed by atoms with Gasteiger partial charge in [-0.3, -0.25) is 28.2 Å². The summed E-state index contributed by atoms with van der Waals surface area (Å²) in [6.07, 6.45) is -3.33. The van der Waals surface area contributed by atoms with E-state index in [1.54, 1.807) is 39.8 Å². The smallest absolute Gasteiger partial charge is 0.494 e. The third-order valence-corrected chi connectivity index (χ3v) is 18.7. The standard InChI is InChI=1S/C26H20F5N5O4S.C19H17BrFN5O4S.C13H15BF4O2.2H3P/c1-40-22-11-16(15-9-17(26(30)31)25(29)19(28)10-15)18(27)12-21(22)36-20-6-8-35(13-14(20)4-5-24(36)37)41(38,39)34-23-3-2-7-32-33-23;1-30-17-9-13(20)14(21)10-16(17)26-15-6-8-25(11-12(15)4-5-19(26)27)31(28,29)24-18-3-2-7-22-23-18;1-12(2)13(3,4)20-14(19-12)7-5-8(11(17)18)10(16)9(15)6-7;;/h2-5,7,9-12,26H,6,8,13H2,1H3,(H,33,34);2-5,7,9-10H,6,8,11H2,1H3,(H,23,24);5-6,11H,1-4H3;2*1H3. The summed E-state index contributed by atoms with van der Waals surface area (Å²) in [5.74, 6) is -7.41. The maximum Gasteiger partial charge on any atom is 0.494 e. The number of aromatic nitrogens is 6. The Bertz CT molecular complexity index is 4470. The second-order valence-electron chi connectivity index (χ2n) is 21.5. The number of halogens is 11. The highest BCUT2D eigenvalue weighted by molar-refractivity contribution is 9.10. The SMILES string of the molecule is CC1(C)OB(c2cc(F)c(F)c(C(F)F)c2)OC1(C)C.COc1cc(-c2cc(F)c(F)c(C(F)F)c2)c(F)cc1-n1c2c(ccc1=O)CN(S(=O)(=O)Nc1cccnn1)CC2.COc1cc(Br)c(F)cc1-n1c2c(ccc1=O)CN(S(=O)(=O)Nc1cccnn1)CC2.P.P. The molecule has 2 N–H and O–H groups in total. The van der Waals surface area contributed by atoms with Crippen molar-refractivity contribution >= 4 is 80.4 Å². The molecule has 36 heteroatoms. The van der Waals surface area contributed by atoms with Gasteiger partial charge in [0.2, 0.25) is 0 Å². The first kappa shape index (κ1) is 74.0. The van der Waals surface area contributed by atoms with Gasteiger partial charge in [0.05, 0.1) is 52.4 Å². The van der Waals surface area contributed by atoms with Crippen LogP contribution in [0.25, 0.3) is 22.5 Å². The van der Waals surface area contributed by atoms with E-state index in [0.29, 0.717) is 40.4 Å². The first-order valence-electron chi connectivity index (χ1n) is 27.2. The van der Waals surface area contributed by atoms with Gasteiger partial charge in [0, 0.05) is 92.6 Å². The quantitative estimate of drug-likeness (QED) is 0.0586. The number of pyridine rings is 2. The van der Waals surface area contributed by atoms with Crippen LogP contribution < -0.4 is 35.5 Å². The molecule has 1 fully saturated rings. The van der Waals surface area contributed by atoms with E-state index in [0.717, 1.165) is 33.1 Å². The molecule has 0 spiro atoms. The zero-order valence-corrected chi connectivity index (χ0v) is 56.5. The largest absolute Gasteiger partial charge is 0.495 e. The molecule has 20 nitrogen and oxygen atoms in total. The molecular weight excluding hydrogens is 1400 g/mol. The Morgan fingerprint density at radius 1 is 0.585 bits per heavy atom. The van der Waals surface area contributed by atoms with Gasteiger partial charge in [-0.1, -0.05) is 18.2 Å². The van der Waals surface area contributed by atoms with E-state index in [1.165, 1.54) is 84.0 Å². The lowest BCUT2D eigenvalue weighted by Gasteiger charge is -2.32. The predicted octanol–water partition coefficient (Wildman–Crippen LogP) is 9.94. The average Bonchev–Trinajstić information content (AvgIpc) is 0.897. The molecule has 0 radical (unpaired) electrons. The molecule has 0 bridgehead atoms. The Labute approximate surface area is 546 Å². The second kappa shape index (κ2) is 29.7. The predicted molar refractivity (Wildman–Crippen MR) is 342 cm³/mol. The van der Waals surface area contributed by atoms with Crippen molar-refractivity contribution in [3.63, 3.8) is 0 Å². The normalized spacial score (nSPS) is 15.1. The first-order chi connectivity index (χ1) is 43.3. The van der Waals surface area contributed by atoms with E-state index in [2.05, 4.69) is 45.8 Å². The minimum absolute atomic E-state index is 0. The fraction of sp³-hybridized carbons (Fsp3) is 0.276. The Morgan fingerprint density at radius 3 is 1.46 bits per heavy atom. The minimum Gasteiger partial charge on any atom is -0.495 e. The number of ether oxygens (including phenoxy) is 2. The molecule has 4 aromatic carbocycles. The number of fused-ring (bicyclic) bond motifs is 2. The van der Waals surface area contributed by atoms with Gasteiger partial charge in [0.15, 0.2) is 34.9 Å². The molecule has 3 aliphatic heterocycles. The molecule has 502 valence electrons. The van der Waals surface area contributed by atoms with Crippen molar-refractivity contribution in [3.8, 4) is 34.0 Å². The molecule has 2 unspecified atom stereocenters. The maximum atomic E-state index is 15.4. The van der Waals surface area contributed by atoms with Gasteiger partial charge in [0.25, 0.3) is 24.0 Å². The van der Waals surface area contributed by atoms with E-state index in [4.69, 9.17) is 18.8 Å².